The van der Waals surface area contributed by atoms with Gasteiger partial charge in [0.15, 0.2) is 0 Å². The van der Waals surface area contributed by atoms with Crippen LogP contribution in [0, 0.1) is 5.82 Å². The summed E-state index contributed by atoms with van der Waals surface area (Å²) in [5, 5.41) is 1.17. The summed E-state index contributed by atoms with van der Waals surface area (Å²) in [6, 6.07) is 1.53. The van der Waals surface area contributed by atoms with Gasteiger partial charge in [-0.15, -0.1) is 0 Å². The molecule has 0 aromatic carbocycles. The van der Waals surface area contributed by atoms with Crippen LogP contribution in [-0.4, -0.2) is 24.0 Å². The molecule has 0 bridgehead atoms. The summed E-state index contributed by atoms with van der Waals surface area (Å²) >= 11 is 1.65. The molecule has 0 aliphatic rings. The number of hydrogen-bond acceptors (Lipinski definition) is 3. The first-order valence-electron chi connectivity index (χ1n) is 6.29. The van der Waals surface area contributed by atoms with Gasteiger partial charge in [0.1, 0.15) is 5.82 Å². The van der Waals surface area contributed by atoms with Gasteiger partial charge in [-0.2, -0.15) is 0 Å². The molecule has 19 heavy (non-hydrogen) atoms. The Bertz CT molecular complexity index is 489. The molecule has 0 unspecified atom stereocenters. The Morgan fingerprint density at radius 3 is 2.53 bits per heavy atom. The number of pyridine rings is 1. The van der Waals surface area contributed by atoms with Gasteiger partial charge in [0.05, 0.1) is 11.2 Å². The fraction of sp³-hybridized carbons (Fsp3) is 0.400. The first kappa shape index (κ1) is 15.8. The van der Waals surface area contributed by atoms with Gasteiger partial charge < -0.3 is 4.90 Å². The largest absolute Gasteiger partial charge is 0.372 e. The Hall–Kier alpha value is -1.29. The second-order valence-electron chi connectivity index (χ2n) is 4.67. The summed E-state index contributed by atoms with van der Waals surface area (Å²) in [7, 11) is 4.03. The Kier molecular flexibility index (Phi) is 6.09. The summed E-state index contributed by atoms with van der Waals surface area (Å²) in [6.45, 7) is 6.23. The minimum atomic E-state index is -0.302. The highest BCUT2D eigenvalue weighted by Gasteiger charge is 2.10. The molecule has 2 nitrogen and oxygen atoms in total. The van der Waals surface area contributed by atoms with Gasteiger partial charge >= 0.3 is 0 Å². The van der Waals surface area contributed by atoms with Crippen LogP contribution in [0.15, 0.2) is 35.1 Å². The van der Waals surface area contributed by atoms with Crippen LogP contribution in [0.5, 0.6) is 0 Å². The minimum absolute atomic E-state index is 0.302. The molecule has 1 aromatic rings. The third-order valence-corrected chi connectivity index (χ3v) is 4.01. The van der Waals surface area contributed by atoms with E-state index in [-0.39, 0.29) is 5.82 Å². The molecule has 4 heteroatoms. The predicted molar refractivity (Wildman–Crippen MR) is 82.1 cm³/mol. The zero-order valence-corrected chi connectivity index (χ0v) is 13.0. The molecule has 104 valence electrons. The highest BCUT2D eigenvalue weighted by atomic mass is 32.2. The van der Waals surface area contributed by atoms with Crippen molar-refractivity contribution in [2.75, 3.05) is 14.1 Å². The van der Waals surface area contributed by atoms with Crippen molar-refractivity contribution in [2.24, 2.45) is 0 Å². The third kappa shape index (κ3) is 4.71. The number of thioether (sulfide) groups is 1. The number of aromatic nitrogens is 1. The van der Waals surface area contributed by atoms with Gasteiger partial charge in [-0.25, -0.2) is 4.39 Å². The molecule has 0 fully saturated rings. The van der Waals surface area contributed by atoms with Crippen LogP contribution in [0.3, 0.4) is 0 Å². The molecule has 0 atom stereocenters. The molecule has 1 rings (SSSR count). The van der Waals surface area contributed by atoms with E-state index in [2.05, 4.69) is 36.7 Å². The molecule has 0 N–H and O–H groups in total. The SMILES string of the molecule is CC/C=C(\SC(=C(C)C)N(C)C)c1cncc(F)c1. The summed E-state index contributed by atoms with van der Waals surface area (Å²) in [4.78, 5) is 7.05. The van der Waals surface area contributed by atoms with Gasteiger partial charge in [-0.05, 0) is 31.9 Å². The normalized spacial score (nSPS) is 11.4. The van der Waals surface area contributed by atoms with E-state index in [9.17, 15) is 4.39 Å². The van der Waals surface area contributed by atoms with Gasteiger partial charge in [-0.3, -0.25) is 4.98 Å². The zero-order chi connectivity index (χ0) is 14.4. The topological polar surface area (TPSA) is 16.1 Å². The van der Waals surface area contributed by atoms with Gasteiger partial charge in [0.2, 0.25) is 0 Å². The summed E-state index contributed by atoms with van der Waals surface area (Å²) in [5.41, 5.74) is 2.06. The van der Waals surface area contributed by atoms with Crippen molar-refractivity contribution in [1.29, 1.82) is 0 Å². The Labute approximate surface area is 119 Å². The molecule has 0 aliphatic heterocycles. The van der Waals surface area contributed by atoms with Crippen molar-refractivity contribution >= 4 is 16.7 Å². The van der Waals surface area contributed by atoms with Gasteiger partial charge in [0, 0.05) is 30.8 Å². The maximum absolute atomic E-state index is 13.3. The minimum Gasteiger partial charge on any atom is -0.372 e. The van der Waals surface area contributed by atoms with E-state index in [0.717, 1.165) is 16.9 Å². The van der Waals surface area contributed by atoms with Crippen molar-refractivity contribution < 1.29 is 4.39 Å². The van der Waals surface area contributed by atoms with Crippen LogP contribution in [0.25, 0.3) is 4.91 Å². The van der Waals surface area contributed by atoms with E-state index in [4.69, 9.17) is 0 Å². The Morgan fingerprint density at radius 1 is 1.37 bits per heavy atom. The molecule has 1 aromatic heterocycles. The Balaban J connectivity index is 3.10. The van der Waals surface area contributed by atoms with Crippen LogP contribution >= 0.6 is 11.8 Å². The predicted octanol–water partition coefficient (Wildman–Crippen LogP) is 4.52. The maximum atomic E-state index is 13.3. The van der Waals surface area contributed by atoms with Gasteiger partial charge in [0.25, 0.3) is 0 Å². The van der Waals surface area contributed by atoms with Crippen molar-refractivity contribution in [3.63, 3.8) is 0 Å². The van der Waals surface area contributed by atoms with Crippen molar-refractivity contribution in [3.8, 4) is 0 Å². The summed E-state index contributed by atoms with van der Waals surface area (Å²) in [5.74, 6) is -0.302. The average molecular weight is 280 g/mol. The second kappa shape index (κ2) is 7.34. The highest BCUT2D eigenvalue weighted by Crippen LogP contribution is 2.36. The second-order valence-corrected chi connectivity index (χ2v) is 5.70. The lowest BCUT2D eigenvalue weighted by Gasteiger charge is -2.20. The van der Waals surface area contributed by atoms with E-state index in [1.54, 1.807) is 18.0 Å². The van der Waals surface area contributed by atoms with Crippen LogP contribution in [0.2, 0.25) is 0 Å². The average Bonchev–Trinajstić information content (AvgIpc) is 2.33. The molecule has 0 aliphatic carbocycles. The molecule has 1 heterocycles. The summed E-state index contributed by atoms with van der Waals surface area (Å²) in [6.07, 6.45) is 5.94. The van der Waals surface area contributed by atoms with Crippen molar-refractivity contribution in [3.05, 3.63) is 46.5 Å². The fourth-order valence-electron chi connectivity index (χ4n) is 1.70. The van der Waals surface area contributed by atoms with E-state index in [0.29, 0.717) is 0 Å². The fourth-order valence-corrected chi connectivity index (χ4v) is 2.77. The molecule has 0 radical (unpaired) electrons. The lowest BCUT2D eigenvalue weighted by atomic mass is 10.2. The lowest BCUT2D eigenvalue weighted by molar-refractivity contribution is 0.545. The Morgan fingerprint density at radius 2 is 2.05 bits per heavy atom. The summed E-state index contributed by atoms with van der Waals surface area (Å²) < 4.78 is 13.3. The van der Waals surface area contributed by atoms with Crippen LogP contribution in [-0.2, 0) is 0 Å². The maximum Gasteiger partial charge on any atom is 0.142 e. The lowest BCUT2D eigenvalue weighted by Crippen LogP contribution is -2.10. The van der Waals surface area contributed by atoms with E-state index < -0.39 is 0 Å². The number of nitrogens with zero attached hydrogens (tertiary/aromatic N) is 2. The van der Waals surface area contributed by atoms with Crippen LogP contribution in [0.4, 0.5) is 4.39 Å². The van der Waals surface area contributed by atoms with E-state index in [1.807, 2.05) is 14.1 Å². The molecular formula is C15H21FN2S. The van der Waals surface area contributed by atoms with Crippen molar-refractivity contribution in [1.82, 2.24) is 9.88 Å². The number of allylic oxidation sites excluding steroid dienone is 2. The number of hydrogen-bond donors (Lipinski definition) is 0. The van der Waals surface area contributed by atoms with Crippen LogP contribution < -0.4 is 0 Å². The highest BCUT2D eigenvalue weighted by molar-refractivity contribution is 8.11. The third-order valence-electron chi connectivity index (χ3n) is 2.42. The smallest absolute Gasteiger partial charge is 0.142 e. The van der Waals surface area contributed by atoms with Crippen molar-refractivity contribution in [2.45, 2.75) is 27.2 Å². The standard InChI is InChI=1S/C15H21FN2S/c1-6-7-14(12-8-13(16)10-17-9-12)19-15(11(2)3)18(4)5/h7-10H,6H2,1-5H3/b14-7-. The van der Waals surface area contributed by atoms with E-state index in [1.165, 1.54) is 22.9 Å². The first-order valence-corrected chi connectivity index (χ1v) is 7.11. The molecule has 0 saturated carbocycles. The first-order chi connectivity index (χ1) is 8.95. The van der Waals surface area contributed by atoms with Gasteiger partial charge in [-0.1, -0.05) is 24.8 Å². The molecule has 0 spiro atoms. The molecule has 0 amide bonds. The zero-order valence-electron chi connectivity index (χ0n) is 12.2. The monoisotopic (exact) mass is 280 g/mol. The van der Waals surface area contributed by atoms with E-state index >= 15 is 0 Å². The number of rotatable bonds is 5. The number of halogens is 1. The quantitative estimate of drug-likeness (QED) is 0.789. The molecular weight excluding hydrogens is 259 g/mol. The molecule has 0 saturated heterocycles. The van der Waals surface area contributed by atoms with Crippen LogP contribution in [0.1, 0.15) is 32.8 Å².